The number of ketones is 1. The minimum absolute atomic E-state index is 0.0292. The fourth-order valence-corrected chi connectivity index (χ4v) is 7.20. The molecule has 7 nitrogen and oxygen atoms in total. The molecule has 0 unspecified atom stereocenters. The highest BCUT2D eigenvalue weighted by Gasteiger charge is 2.46. The van der Waals surface area contributed by atoms with Gasteiger partial charge in [-0.05, 0) is 36.1 Å². The third-order valence-corrected chi connectivity index (χ3v) is 8.68. The molecule has 0 bridgehead atoms. The molecule has 0 saturated heterocycles. The van der Waals surface area contributed by atoms with Crippen LogP contribution in [0.25, 0.3) is 11.3 Å². The summed E-state index contributed by atoms with van der Waals surface area (Å²) >= 11 is 9.40. The first-order valence-electron chi connectivity index (χ1n) is 11.9. The highest BCUT2D eigenvalue weighted by molar-refractivity contribution is 8.01. The van der Waals surface area contributed by atoms with Crippen molar-refractivity contribution in [1.29, 1.82) is 5.26 Å². The second-order valence-electron chi connectivity index (χ2n) is 10.2. The van der Waals surface area contributed by atoms with Gasteiger partial charge in [0.25, 0.3) is 0 Å². The fraction of sp³-hybridized carbons (Fsp3) is 0.333. The van der Waals surface area contributed by atoms with Crippen molar-refractivity contribution in [3.63, 3.8) is 0 Å². The van der Waals surface area contributed by atoms with Crippen LogP contribution in [-0.2, 0) is 4.79 Å². The lowest BCUT2D eigenvalue weighted by molar-refractivity contribution is -0.118. The highest BCUT2D eigenvalue weighted by atomic mass is 35.5. The van der Waals surface area contributed by atoms with Gasteiger partial charge in [-0.1, -0.05) is 74.5 Å². The molecule has 1 atom stereocenters. The standard InChI is InChI=1S/C27H26ClN5O2S2/c1-14(2)36-26-32-31-25(37-26)33-18-11-27(3,4)12-19(34)23(18)22(16(13-29)24(33)30)21-10-9-20(35-21)15-7-5-6-8-17(15)28/h5-10,14,22H,11-12,30H2,1-4H3/t22-/m0/s1. The number of thioether (sulfide) groups is 1. The van der Waals surface area contributed by atoms with E-state index in [9.17, 15) is 10.1 Å². The summed E-state index contributed by atoms with van der Waals surface area (Å²) in [7, 11) is 0. The molecule has 2 N–H and O–H groups in total. The number of hydrogen-bond acceptors (Lipinski definition) is 9. The van der Waals surface area contributed by atoms with Gasteiger partial charge in [0.1, 0.15) is 17.3 Å². The lowest BCUT2D eigenvalue weighted by Gasteiger charge is -2.42. The quantitative estimate of drug-likeness (QED) is 0.341. The van der Waals surface area contributed by atoms with Crippen LogP contribution in [0.3, 0.4) is 0 Å². The molecule has 3 heterocycles. The maximum absolute atomic E-state index is 13.7. The number of carbonyl (C=O) groups is 1. The lowest BCUT2D eigenvalue weighted by atomic mass is 9.69. The number of aromatic nitrogens is 2. The van der Waals surface area contributed by atoms with E-state index in [1.54, 1.807) is 28.8 Å². The Labute approximate surface area is 229 Å². The van der Waals surface area contributed by atoms with Gasteiger partial charge in [-0.25, -0.2) is 0 Å². The molecule has 0 spiro atoms. The number of halogens is 1. The predicted octanol–water partition coefficient (Wildman–Crippen LogP) is 6.89. The van der Waals surface area contributed by atoms with Crippen molar-refractivity contribution in [2.75, 3.05) is 4.90 Å². The largest absolute Gasteiger partial charge is 0.460 e. The maximum Gasteiger partial charge on any atom is 0.219 e. The molecule has 1 aromatic carbocycles. The normalized spacial score (nSPS) is 19.4. The average Bonchev–Trinajstić information content (AvgIpc) is 3.47. The lowest BCUT2D eigenvalue weighted by Crippen LogP contribution is -2.42. The van der Waals surface area contributed by atoms with Gasteiger partial charge in [-0.3, -0.25) is 9.69 Å². The maximum atomic E-state index is 13.7. The molecule has 1 aliphatic heterocycles. The first kappa shape index (κ1) is 25.6. The molecule has 10 heteroatoms. The Hall–Kier alpha value is -3.06. The van der Waals surface area contributed by atoms with Crippen LogP contribution in [0.5, 0.6) is 0 Å². The summed E-state index contributed by atoms with van der Waals surface area (Å²) in [6, 6.07) is 13.3. The van der Waals surface area contributed by atoms with E-state index in [2.05, 4.69) is 44.0 Å². The number of rotatable bonds is 5. The molecule has 0 radical (unpaired) electrons. The zero-order valence-electron chi connectivity index (χ0n) is 20.9. The molecule has 5 rings (SSSR count). The number of allylic oxidation sites excluding steroid dienone is 3. The Morgan fingerprint density at radius 3 is 2.70 bits per heavy atom. The van der Waals surface area contributed by atoms with E-state index < -0.39 is 5.92 Å². The fourth-order valence-electron chi connectivity index (χ4n) is 4.87. The Morgan fingerprint density at radius 1 is 1.24 bits per heavy atom. The van der Waals surface area contributed by atoms with E-state index in [1.807, 2.05) is 24.3 Å². The number of nitriles is 1. The van der Waals surface area contributed by atoms with Gasteiger partial charge in [0, 0.05) is 28.5 Å². The molecule has 2 aromatic heterocycles. The zero-order valence-corrected chi connectivity index (χ0v) is 23.3. The van der Waals surface area contributed by atoms with E-state index in [-0.39, 0.29) is 22.6 Å². The van der Waals surface area contributed by atoms with Crippen LogP contribution >= 0.6 is 34.7 Å². The van der Waals surface area contributed by atoms with Crippen LogP contribution in [0.15, 0.2) is 67.8 Å². The van der Waals surface area contributed by atoms with Crippen molar-refractivity contribution < 1.29 is 9.21 Å². The number of nitrogens with zero attached hydrogens (tertiary/aromatic N) is 4. The number of benzene rings is 1. The van der Waals surface area contributed by atoms with Crippen molar-refractivity contribution >= 4 is 45.6 Å². The second-order valence-corrected chi connectivity index (χ2v) is 13.4. The molecular formula is C27H26ClN5O2S2. The third kappa shape index (κ3) is 4.70. The number of Topliss-reactive ketones (excluding diaryl/α,β-unsaturated/α-hetero) is 1. The van der Waals surface area contributed by atoms with E-state index in [0.29, 0.717) is 45.3 Å². The SMILES string of the molecule is CC(C)Sc1nnc(N2C(N)=C(C#N)[C@@H](c3ccc(-c4ccccc4Cl)o3)C3=C2CC(C)(C)CC3=O)s1. The predicted molar refractivity (Wildman–Crippen MR) is 147 cm³/mol. The van der Waals surface area contributed by atoms with Gasteiger partial charge in [0.2, 0.25) is 5.13 Å². The first-order valence-corrected chi connectivity index (χ1v) is 14.0. The minimum Gasteiger partial charge on any atom is -0.460 e. The average molecular weight is 552 g/mol. The highest BCUT2D eigenvalue weighted by Crippen LogP contribution is 2.51. The Balaban J connectivity index is 1.67. The molecule has 190 valence electrons. The van der Waals surface area contributed by atoms with Crippen molar-refractivity contribution in [3.05, 3.63) is 69.8 Å². The Bertz CT molecular complexity index is 1490. The Morgan fingerprint density at radius 2 is 2.00 bits per heavy atom. The summed E-state index contributed by atoms with van der Waals surface area (Å²) in [5.74, 6) is 0.531. The second kappa shape index (κ2) is 9.67. The topological polar surface area (TPSA) is 109 Å². The third-order valence-electron chi connectivity index (χ3n) is 6.36. The molecule has 0 fully saturated rings. The van der Waals surface area contributed by atoms with Crippen molar-refractivity contribution in [2.24, 2.45) is 11.1 Å². The van der Waals surface area contributed by atoms with Crippen LogP contribution in [0.4, 0.5) is 5.13 Å². The summed E-state index contributed by atoms with van der Waals surface area (Å²) in [4.78, 5) is 15.5. The molecule has 3 aromatic rings. The molecular weight excluding hydrogens is 526 g/mol. The van der Waals surface area contributed by atoms with Gasteiger partial charge >= 0.3 is 0 Å². The molecule has 2 aliphatic rings. The van der Waals surface area contributed by atoms with Gasteiger partial charge in [0.05, 0.1) is 22.6 Å². The summed E-state index contributed by atoms with van der Waals surface area (Å²) in [5, 5.41) is 20.4. The van der Waals surface area contributed by atoms with Crippen LogP contribution < -0.4 is 10.6 Å². The zero-order chi connectivity index (χ0) is 26.5. The summed E-state index contributed by atoms with van der Waals surface area (Å²) in [6.07, 6.45) is 0.950. The number of nitrogens with two attached hydrogens (primary N) is 1. The van der Waals surface area contributed by atoms with Crippen molar-refractivity contribution in [1.82, 2.24) is 10.2 Å². The van der Waals surface area contributed by atoms with Crippen molar-refractivity contribution in [2.45, 2.75) is 56.0 Å². The van der Waals surface area contributed by atoms with Gasteiger partial charge in [-0.15, -0.1) is 10.2 Å². The van der Waals surface area contributed by atoms with Gasteiger partial charge in [0.15, 0.2) is 10.1 Å². The molecule has 37 heavy (non-hydrogen) atoms. The number of hydrogen-bond donors (Lipinski definition) is 1. The summed E-state index contributed by atoms with van der Waals surface area (Å²) < 4.78 is 7.05. The van der Waals surface area contributed by atoms with E-state index in [4.69, 9.17) is 21.8 Å². The van der Waals surface area contributed by atoms with E-state index in [1.165, 1.54) is 11.3 Å². The van der Waals surface area contributed by atoms with Crippen LogP contribution in [0.1, 0.15) is 52.2 Å². The van der Waals surface area contributed by atoms with Gasteiger partial charge < -0.3 is 10.2 Å². The minimum atomic E-state index is -0.714. The van der Waals surface area contributed by atoms with Gasteiger partial charge in [-0.2, -0.15) is 5.26 Å². The smallest absolute Gasteiger partial charge is 0.219 e. The van der Waals surface area contributed by atoms with Crippen LogP contribution in [-0.4, -0.2) is 21.2 Å². The van der Waals surface area contributed by atoms with E-state index >= 15 is 0 Å². The number of carbonyl (C=O) groups excluding carboxylic acids is 1. The van der Waals surface area contributed by atoms with E-state index in [0.717, 1.165) is 15.6 Å². The number of furan rings is 1. The molecule has 0 amide bonds. The monoisotopic (exact) mass is 551 g/mol. The van der Waals surface area contributed by atoms with Crippen molar-refractivity contribution in [3.8, 4) is 17.4 Å². The molecule has 1 aliphatic carbocycles. The summed E-state index contributed by atoms with van der Waals surface area (Å²) in [5.41, 5.74) is 8.67. The first-order chi connectivity index (χ1) is 17.6. The number of anilines is 1. The Kier molecular flexibility index (Phi) is 6.69. The van der Waals surface area contributed by atoms with Crippen LogP contribution in [0.2, 0.25) is 5.02 Å². The summed E-state index contributed by atoms with van der Waals surface area (Å²) in [6.45, 7) is 8.29. The molecule has 0 saturated carbocycles. The van der Waals surface area contributed by atoms with Crippen LogP contribution in [0, 0.1) is 16.7 Å².